The molecule has 3 aromatic rings. The molecule has 21 heavy (non-hydrogen) atoms. The topological polar surface area (TPSA) is 51.8 Å². The minimum atomic E-state index is -0.442. The predicted octanol–water partition coefficient (Wildman–Crippen LogP) is 3.65. The van der Waals surface area contributed by atoms with E-state index in [0.29, 0.717) is 17.1 Å². The number of hydrogen-bond donors (Lipinski definition) is 0. The van der Waals surface area contributed by atoms with E-state index >= 15 is 0 Å². The molecule has 0 N–H and O–H groups in total. The van der Waals surface area contributed by atoms with E-state index in [2.05, 4.69) is 15.1 Å². The number of nitrogens with zero attached hydrogens (tertiary/aromatic N) is 3. The Hall–Kier alpha value is -2.34. The van der Waals surface area contributed by atoms with Crippen LogP contribution in [0.5, 0.6) is 0 Å². The smallest absolute Gasteiger partial charge is 0.232 e. The predicted molar refractivity (Wildman–Crippen MR) is 71.7 cm³/mol. The van der Waals surface area contributed by atoms with Crippen molar-refractivity contribution in [2.45, 2.75) is 6.42 Å². The van der Waals surface area contributed by atoms with Crippen LogP contribution < -0.4 is 0 Å². The summed E-state index contributed by atoms with van der Waals surface area (Å²) in [4.78, 5) is 8.08. The van der Waals surface area contributed by atoms with E-state index in [0.717, 1.165) is 6.20 Å². The van der Waals surface area contributed by atoms with Crippen molar-refractivity contribution in [3.63, 3.8) is 0 Å². The maximum absolute atomic E-state index is 13.0. The van der Waals surface area contributed by atoms with Crippen LogP contribution in [0.15, 0.2) is 41.1 Å². The summed E-state index contributed by atoms with van der Waals surface area (Å²) in [6.45, 7) is 0. The SMILES string of the molecule is Fc1ccc(Cc2nc(-c3ccc(F)cc3Cl)no2)nc1. The number of hydrogen-bond acceptors (Lipinski definition) is 4. The van der Waals surface area contributed by atoms with Gasteiger partial charge >= 0.3 is 0 Å². The molecule has 0 spiro atoms. The van der Waals surface area contributed by atoms with Crippen LogP contribution in [0.1, 0.15) is 11.6 Å². The van der Waals surface area contributed by atoms with Crippen molar-refractivity contribution >= 4 is 11.6 Å². The highest BCUT2D eigenvalue weighted by Crippen LogP contribution is 2.26. The number of benzene rings is 1. The lowest BCUT2D eigenvalue weighted by Crippen LogP contribution is -1.93. The summed E-state index contributed by atoms with van der Waals surface area (Å²) in [6.07, 6.45) is 1.38. The summed E-state index contributed by atoms with van der Waals surface area (Å²) in [5, 5.41) is 3.99. The molecular weight excluding hydrogens is 300 g/mol. The zero-order valence-corrected chi connectivity index (χ0v) is 11.3. The van der Waals surface area contributed by atoms with Crippen LogP contribution in [0.2, 0.25) is 5.02 Å². The maximum Gasteiger partial charge on any atom is 0.232 e. The van der Waals surface area contributed by atoms with Gasteiger partial charge in [-0.05, 0) is 30.3 Å². The first kappa shape index (κ1) is 13.6. The van der Waals surface area contributed by atoms with E-state index in [1.165, 1.54) is 30.3 Å². The lowest BCUT2D eigenvalue weighted by atomic mass is 10.2. The molecule has 7 heteroatoms. The zero-order valence-electron chi connectivity index (χ0n) is 10.6. The molecule has 2 aromatic heterocycles. The largest absolute Gasteiger partial charge is 0.339 e. The third-order valence-corrected chi connectivity index (χ3v) is 3.07. The molecule has 0 amide bonds. The van der Waals surface area contributed by atoms with E-state index in [9.17, 15) is 8.78 Å². The van der Waals surface area contributed by atoms with E-state index in [-0.39, 0.29) is 17.3 Å². The first-order chi connectivity index (χ1) is 10.1. The van der Waals surface area contributed by atoms with Crippen molar-refractivity contribution in [2.75, 3.05) is 0 Å². The summed E-state index contributed by atoms with van der Waals surface area (Å²) >= 11 is 5.94. The second-order valence-electron chi connectivity index (χ2n) is 4.28. The number of aromatic nitrogens is 3. The van der Waals surface area contributed by atoms with Gasteiger partial charge in [0.2, 0.25) is 11.7 Å². The maximum atomic E-state index is 13.0. The molecule has 0 fully saturated rings. The Labute approximate surface area is 123 Å². The number of rotatable bonds is 3. The van der Waals surface area contributed by atoms with E-state index in [4.69, 9.17) is 16.1 Å². The van der Waals surface area contributed by atoms with Crippen molar-refractivity contribution in [3.05, 3.63) is 64.8 Å². The van der Waals surface area contributed by atoms with Crippen LogP contribution in [-0.2, 0) is 6.42 Å². The molecule has 1 aromatic carbocycles. The molecule has 106 valence electrons. The first-order valence-electron chi connectivity index (χ1n) is 6.00. The number of pyridine rings is 1. The van der Waals surface area contributed by atoms with Crippen LogP contribution in [0.3, 0.4) is 0 Å². The minimum absolute atomic E-state index is 0.197. The fraction of sp³-hybridized carbons (Fsp3) is 0.0714. The van der Waals surface area contributed by atoms with Crippen LogP contribution in [0.4, 0.5) is 8.78 Å². The Morgan fingerprint density at radius 2 is 1.90 bits per heavy atom. The normalized spacial score (nSPS) is 10.8. The second-order valence-corrected chi connectivity index (χ2v) is 4.69. The average molecular weight is 308 g/mol. The average Bonchev–Trinajstić information content (AvgIpc) is 2.90. The zero-order chi connectivity index (χ0) is 14.8. The third-order valence-electron chi connectivity index (χ3n) is 2.76. The molecule has 0 atom stereocenters. The van der Waals surface area contributed by atoms with Gasteiger partial charge in [-0.15, -0.1) is 0 Å². The van der Waals surface area contributed by atoms with Gasteiger partial charge in [-0.25, -0.2) is 8.78 Å². The van der Waals surface area contributed by atoms with Gasteiger partial charge in [-0.3, -0.25) is 4.98 Å². The summed E-state index contributed by atoms with van der Waals surface area (Å²) in [6, 6.07) is 6.75. The monoisotopic (exact) mass is 307 g/mol. The Bertz CT molecular complexity index is 774. The Kier molecular flexibility index (Phi) is 3.62. The van der Waals surface area contributed by atoms with Crippen LogP contribution in [-0.4, -0.2) is 15.1 Å². The first-order valence-corrected chi connectivity index (χ1v) is 6.38. The van der Waals surface area contributed by atoms with Crippen molar-refractivity contribution in [2.24, 2.45) is 0 Å². The molecular formula is C14H8ClF2N3O. The fourth-order valence-electron chi connectivity index (χ4n) is 1.77. The van der Waals surface area contributed by atoms with Gasteiger partial charge in [0, 0.05) is 11.3 Å². The third kappa shape index (κ3) is 3.05. The van der Waals surface area contributed by atoms with Gasteiger partial charge < -0.3 is 4.52 Å². The highest BCUT2D eigenvalue weighted by molar-refractivity contribution is 6.33. The Morgan fingerprint density at radius 3 is 2.62 bits per heavy atom. The minimum Gasteiger partial charge on any atom is -0.339 e. The van der Waals surface area contributed by atoms with Crippen molar-refractivity contribution < 1.29 is 13.3 Å². The quantitative estimate of drug-likeness (QED) is 0.741. The highest BCUT2D eigenvalue weighted by atomic mass is 35.5. The molecule has 2 heterocycles. The lowest BCUT2D eigenvalue weighted by Gasteiger charge is -1.97. The molecule has 0 aliphatic rings. The van der Waals surface area contributed by atoms with Gasteiger partial charge in [0.25, 0.3) is 0 Å². The molecule has 0 saturated heterocycles. The van der Waals surface area contributed by atoms with E-state index in [1.54, 1.807) is 0 Å². The molecule has 0 radical (unpaired) electrons. The van der Waals surface area contributed by atoms with Gasteiger partial charge in [-0.1, -0.05) is 16.8 Å². The summed E-state index contributed by atoms with van der Waals surface area (Å²) in [5.41, 5.74) is 1.07. The second kappa shape index (κ2) is 5.57. The molecule has 0 aliphatic carbocycles. The Morgan fingerprint density at radius 1 is 1.10 bits per heavy atom. The molecule has 0 bridgehead atoms. The van der Waals surface area contributed by atoms with Crippen molar-refractivity contribution in [1.82, 2.24) is 15.1 Å². The van der Waals surface area contributed by atoms with Crippen LogP contribution in [0.25, 0.3) is 11.4 Å². The van der Waals surface area contributed by atoms with Gasteiger partial charge in [0.15, 0.2) is 0 Å². The van der Waals surface area contributed by atoms with Gasteiger partial charge in [0.05, 0.1) is 17.6 Å². The van der Waals surface area contributed by atoms with Gasteiger partial charge in [-0.2, -0.15) is 4.98 Å². The summed E-state index contributed by atoms with van der Waals surface area (Å²) in [5.74, 6) is -0.285. The molecule has 3 rings (SSSR count). The van der Waals surface area contributed by atoms with Crippen LogP contribution in [0, 0.1) is 11.6 Å². The van der Waals surface area contributed by atoms with Crippen molar-refractivity contribution in [1.29, 1.82) is 0 Å². The lowest BCUT2D eigenvalue weighted by molar-refractivity contribution is 0.385. The summed E-state index contributed by atoms with van der Waals surface area (Å²) < 4.78 is 30.9. The van der Waals surface area contributed by atoms with E-state index < -0.39 is 11.6 Å². The van der Waals surface area contributed by atoms with Gasteiger partial charge in [0.1, 0.15) is 11.6 Å². The van der Waals surface area contributed by atoms with Crippen molar-refractivity contribution in [3.8, 4) is 11.4 Å². The molecule has 0 unspecified atom stereocenters. The summed E-state index contributed by atoms with van der Waals surface area (Å²) in [7, 11) is 0. The molecule has 0 saturated carbocycles. The van der Waals surface area contributed by atoms with E-state index in [1.807, 2.05) is 0 Å². The van der Waals surface area contributed by atoms with Crippen LogP contribution >= 0.6 is 11.6 Å². The standard InChI is InChI=1S/C14H8ClF2N3O/c15-12-5-8(16)2-4-11(12)14-19-13(21-20-14)6-10-3-1-9(17)7-18-10/h1-5,7H,6H2. The molecule has 4 nitrogen and oxygen atoms in total. The highest BCUT2D eigenvalue weighted by Gasteiger charge is 2.13. The number of halogens is 3. The Balaban J connectivity index is 1.84. The molecule has 0 aliphatic heterocycles. The fourth-order valence-corrected chi connectivity index (χ4v) is 2.02.